The van der Waals surface area contributed by atoms with Gasteiger partial charge in [-0.2, -0.15) is 0 Å². The molecule has 0 spiro atoms. The lowest BCUT2D eigenvalue weighted by atomic mass is 10.2. The molecule has 0 aliphatic carbocycles. The Balaban J connectivity index is 1.98. The smallest absolute Gasteiger partial charge is 0.411 e. The van der Waals surface area contributed by atoms with E-state index in [0.717, 1.165) is 0 Å². The van der Waals surface area contributed by atoms with Gasteiger partial charge in [0.1, 0.15) is 5.75 Å². The number of benzene rings is 2. The number of anilines is 1. The number of carbonyl (C=O) groups excluding carboxylic acids is 2. The highest BCUT2D eigenvalue weighted by Gasteiger charge is 2.09. The molecule has 0 aromatic heterocycles. The number of rotatable bonds is 4. The van der Waals surface area contributed by atoms with Crippen LogP contribution in [0.25, 0.3) is 0 Å². The van der Waals surface area contributed by atoms with Gasteiger partial charge in [-0.3, -0.25) is 5.32 Å². The number of para-hydroxylation sites is 1. The summed E-state index contributed by atoms with van der Waals surface area (Å²) in [7, 11) is 0. The van der Waals surface area contributed by atoms with E-state index >= 15 is 0 Å². The van der Waals surface area contributed by atoms with Crippen LogP contribution in [-0.2, 0) is 4.74 Å². The molecule has 2 rings (SSSR count). The molecule has 5 heteroatoms. The monoisotopic (exact) mass is 285 g/mol. The first-order chi connectivity index (χ1) is 10.2. The molecule has 2 aromatic rings. The molecule has 0 saturated carbocycles. The molecule has 5 nitrogen and oxygen atoms in total. The van der Waals surface area contributed by atoms with Crippen molar-refractivity contribution in [2.24, 2.45) is 0 Å². The third-order valence-electron chi connectivity index (χ3n) is 2.60. The van der Waals surface area contributed by atoms with Gasteiger partial charge in [-0.25, -0.2) is 9.59 Å². The zero-order chi connectivity index (χ0) is 15.1. The Labute approximate surface area is 122 Å². The maximum Gasteiger partial charge on any atom is 0.411 e. The predicted octanol–water partition coefficient (Wildman–Crippen LogP) is 3.47. The standard InChI is InChI=1S/C16H15NO4/c1-2-20-16(19)17-13-10-8-12(9-11-13)15(18)21-14-6-4-3-5-7-14/h3-11H,2H2,1H3,(H,17,19). The van der Waals surface area contributed by atoms with E-state index in [2.05, 4.69) is 5.32 Å². The van der Waals surface area contributed by atoms with Gasteiger partial charge < -0.3 is 9.47 Å². The summed E-state index contributed by atoms with van der Waals surface area (Å²) in [5.41, 5.74) is 0.943. The average Bonchev–Trinajstić information content (AvgIpc) is 2.49. The molecule has 2 aromatic carbocycles. The Hall–Kier alpha value is -2.82. The van der Waals surface area contributed by atoms with Crippen molar-refractivity contribution >= 4 is 17.7 Å². The van der Waals surface area contributed by atoms with E-state index in [1.54, 1.807) is 55.5 Å². The maximum absolute atomic E-state index is 11.9. The van der Waals surface area contributed by atoms with Gasteiger partial charge >= 0.3 is 12.1 Å². The van der Waals surface area contributed by atoms with Crippen molar-refractivity contribution in [3.8, 4) is 5.75 Å². The SMILES string of the molecule is CCOC(=O)Nc1ccc(C(=O)Oc2ccccc2)cc1. The van der Waals surface area contributed by atoms with Gasteiger partial charge in [-0.05, 0) is 43.3 Å². The highest BCUT2D eigenvalue weighted by Crippen LogP contribution is 2.14. The van der Waals surface area contributed by atoms with Crippen LogP contribution in [0.5, 0.6) is 5.75 Å². The fraction of sp³-hybridized carbons (Fsp3) is 0.125. The van der Waals surface area contributed by atoms with Crippen molar-refractivity contribution in [2.45, 2.75) is 6.92 Å². The number of hydrogen-bond donors (Lipinski definition) is 1. The van der Waals surface area contributed by atoms with E-state index in [1.165, 1.54) is 0 Å². The third-order valence-corrected chi connectivity index (χ3v) is 2.60. The van der Waals surface area contributed by atoms with Crippen LogP contribution < -0.4 is 10.1 Å². The van der Waals surface area contributed by atoms with Crippen molar-refractivity contribution in [1.29, 1.82) is 0 Å². The minimum Gasteiger partial charge on any atom is -0.450 e. The quantitative estimate of drug-likeness (QED) is 0.690. The summed E-state index contributed by atoms with van der Waals surface area (Å²) >= 11 is 0. The van der Waals surface area contributed by atoms with E-state index in [9.17, 15) is 9.59 Å². The fourth-order valence-corrected chi connectivity index (χ4v) is 1.63. The first-order valence-electron chi connectivity index (χ1n) is 6.50. The zero-order valence-electron chi connectivity index (χ0n) is 11.5. The van der Waals surface area contributed by atoms with Crippen LogP contribution in [0.3, 0.4) is 0 Å². The van der Waals surface area contributed by atoms with Crippen molar-refractivity contribution in [3.05, 3.63) is 60.2 Å². The molecule has 0 aliphatic heterocycles. The summed E-state index contributed by atoms with van der Waals surface area (Å²) in [5, 5.41) is 2.55. The molecule has 0 saturated heterocycles. The van der Waals surface area contributed by atoms with Crippen LogP contribution in [-0.4, -0.2) is 18.7 Å². The number of ether oxygens (including phenoxy) is 2. The van der Waals surface area contributed by atoms with Gasteiger partial charge in [0.05, 0.1) is 12.2 Å². The van der Waals surface area contributed by atoms with Gasteiger partial charge in [0, 0.05) is 5.69 Å². The zero-order valence-corrected chi connectivity index (χ0v) is 11.5. The second-order valence-corrected chi connectivity index (χ2v) is 4.13. The van der Waals surface area contributed by atoms with Gasteiger partial charge in [0.25, 0.3) is 0 Å². The van der Waals surface area contributed by atoms with E-state index in [0.29, 0.717) is 23.6 Å². The minimum atomic E-state index is -0.530. The van der Waals surface area contributed by atoms with Crippen LogP contribution in [0.15, 0.2) is 54.6 Å². The van der Waals surface area contributed by atoms with Crippen LogP contribution >= 0.6 is 0 Å². The van der Waals surface area contributed by atoms with Crippen molar-refractivity contribution in [2.75, 3.05) is 11.9 Å². The molecule has 0 unspecified atom stereocenters. The summed E-state index contributed by atoms with van der Waals surface area (Å²) < 4.78 is 9.97. The summed E-state index contributed by atoms with van der Waals surface area (Å²) in [4.78, 5) is 23.2. The van der Waals surface area contributed by atoms with Crippen LogP contribution in [0.2, 0.25) is 0 Å². The molecule has 0 bridgehead atoms. The summed E-state index contributed by atoms with van der Waals surface area (Å²) in [6.07, 6.45) is -0.530. The molecule has 0 fully saturated rings. The van der Waals surface area contributed by atoms with Gasteiger partial charge in [-0.15, -0.1) is 0 Å². The highest BCUT2D eigenvalue weighted by molar-refractivity contribution is 5.92. The van der Waals surface area contributed by atoms with Crippen LogP contribution in [0, 0.1) is 0 Å². The van der Waals surface area contributed by atoms with Crippen LogP contribution in [0.1, 0.15) is 17.3 Å². The second kappa shape index (κ2) is 7.09. The molecule has 0 radical (unpaired) electrons. The molecule has 21 heavy (non-hydrogen) atoms. The number of nitrogens with one attached hydrogen (secondary N) is 1. The van der Waals surface area contributed by atoms with Gasteiger partial charge in [0.2, 0.25) is 0 Å². The number of amides is 1. The Kier molecular flexibility index (Phi) is 4.93. The first kappa shape index (κ1) is 14.6. The highest BCUT2D eigenvalue weighted by atomic mass is 16.5. The minimum absolute atomic E-state index is 0.299. The molecule has 108 valence electrons. The summed E-state index contributed by atoms with van der Waals surface area (Å²) in [6.45, 7) is 2.02. The van der Waals surface area contributed by atoms with Crippen molar-refractivity contribution < 1.29 is 19.1 Å². The number of hydrogen-bond acceptors (Lipinski definition) is 4. The number of carbonyl (C=O) groups is 2. The molecule has 1 N–H and O–H groups in total. The molecular weight excluding hydrogens is 270 g/mol. The lowest BCUT2D eigenvalue weighted by Gasteiger charge is -2.07. The lowest BCUT2D eigenvalue weighted by molar-refractivity contribution is 0.0735. The molecule has 0 heterocycles. The fourth-order valence-electron chi connectivity index (χ4n) is 1.63. The van der Waals surface area contributed by atoms with Crippen molar-refractivity contribution in [1.82, 2.24) is 0 Å². The van der Waals surface area contributed by atoms with Crippen molar-refractivity contribution in [3.63, 3.8) is 0 Å². The summed E-state index contributed by atoms with van der Waals surface area (Å²) in [6, 6.07) is 15.2. The Bertz CT molecular complexity index is 608. The number of esters is 1. The maximum atomic E-state index is 11.9. The third kappa shape index (κ3) is 4.35. The lowest BCUT2D eigenvalue weighted by Crippen LogP contribution is -2.13. The molecule has 0 aliphatic rings. The Morgan fingerprint density at radius 1 is 1.00 bits per heavy atom. The van der Waals surface area contributed by atoms with E-state index in [-0.39, 0.29) is 0 Å². The van der Waals surface area contributed by atoms with E-state index in [1.807, 2.05) is 6.07 Å². The molecule has 0 atom stereocenters. The largest absolute Gasteiger partial charge is 0.450 e. The Morgan fingerprint density at radius 2 is 1.67 bits per heavy atom. The molecular formula is C16H15NO4. The van der Waals surface area contributed by atoms with E-state index < -0.39 is 12.1 Å². The van der Waals surface area contributed by atoms with E-state index in [4.69, 9.17) is 9.47 Å². The van der Waals surface area contributed by atoms with Crippen LogP contribution in [0.4, 0.5) is 10.5 Å². The normalized spacial score (nSPS) is 9.76. The topological polar surface area (TPSA) is 64.6 Å². The summed E-state index contributed by atoms with van der Waals surface area (Å²) in [5.74, 6) is 0.0279. The second-order valence-electron chi connectivity index (χ2n) is 4.13. The molecule has 1 amide bonds. The Morgan fingerprint density at radius 3 is 2.29 bits per heavy atom. The predicted molar refractivity (Wildman–Crippen MR) is 78.5 cm³/mol. The first-order valence-corrected chi connectivity index (χ1v) is 6.50. The van der Waals surface area contributed by atoms with Gasteiger partial charge in [0.15, 0.2) is 0 Å². The van der Waals surface area contributed by atoms with Gasteiger partial charge in [-0.1, -0.05) is 18.2 Å². The average molecular weight is 285 g/mol.